The van der Waals surface area contributed by atoms with Crippen LogP contribution in [0.5, 0.6) is 5.75 Å². The van der Waals surface area contributed by atoms with E-state index < -0.39 is 0 Å². The summed E-state index contributed by atoms with van der Waals surface area (Å²) in [7, 11) is 1.64. The van der Waals surface area contributed by atoms with Crippen LogP contribution in [0.4, 0.5) is 5.69 Å². The number of aromatic amines is 1. The van der Waals surface area contributed by atoms with Crippen molar-refractivity contribution in [2.24, 2.45) is 0 Å². The largest absolute Gasteiger partial charge is 0.497 e. The van der Waals surface area contributed by atoms with Gasteiger partial charge in [0.05, 0.1) is 18.5 Å². The molecule has 1 aliphatic rings. The SMILES string of the molecule is COc1ccc(-c2n[nH]c(C3CC3)c2NC(C)=O)cc1. The quantitative estimate of drug-likeness (QED) is 0.898. The van der Waals surface area contributed by atoms with E-state index in [-0.39, 0.29) is 5.91 Å². The molecule has 1 aliphatic carbocycles. The average molecular weight is 271 g/mol. The fourth-order valence-electron chi connectivity index (χ4n) is 2.28. The number of nitrogens with one attached hydrogen (secondary N) is 2. The summed E-state index contributed by atoms with van der Waals surface area (Å²) in [6, 6.07) is 7.66. The van der Waals surface area contributed by atoms with Gasteiger partial charge in [0.15, 0.2) is 0 Å². The van der Waals surface area contributed by atoms with Gasteiger partial charge < -0.3 is 10.1 Å². The Hall–Kier alpha value is -2.30. The first-order chi connectivity index (χ1) is 9.69. The highest BCUT2D eigenvalue weighted by Crippen LogP contribution is 2.45. The summed E-state index contributed by atoms with van der Waals surface area (Å²) in [6.07, 6.45) is 2.30. The van der Waals surface area contributed by atoms with Gasteiger partial charge in [-0.25, -0.2) is 0 Å². The maximum atomic E-state index is 11.4. The molecule has 20 heavy (non-hydrogen) atoms. The molecule has 0 atom stereocenters. The van der Waals surface area contributed by atoms with E-state index in [9.17, 15) is 4.79 Å². The summed E-state index contributed by atoms with van der Waals surface area (Å²) in [5.74, 6) is 1.21. The van der Waals surface area contributed by atoms with Crippen molar-refractivity contribution >= 4 is 11.6 Å². The Labute approximate surface area is 117 Å². The van der Waals surface area contributed by atoms with Gasteiger partial charge in [0.1, 0.15) is 11.4 Å². The number of amides is 1. The van der Waals surface area contributed by atoms with E-state index in [0.717, 1.165) is 41.2 Å². The normalized spacial score (nSPS) is 14.1. The number of hydrogen-bond acceptors (Lipinski definition) is 3. The summed E-state index contributed by atoms with van der Waals surface area (Å²) >= 11 is 0. The lowest BCUT2D eigenvalue weighted by Crippen LogP contribution is -2.07. The van der Waals surface area contributed by atoms with E-state index >= 15 is 0 Å². The zero-order chi connectivity index (χ0) is 14.1. The Balaban J connectivity index is 2.00. The second-order valence-corrected chi connectivity index (χ2v) is 5.04. The predicted octanol–water partition coefficient (Wildman–Crippen LogP) is 2.92. The van der Waals surface area contributed by atoms with E-state index in [0.29, 0.717) is 5.92 Å². The molecule has 0 aliphatic heterocycles. The minimum Gasteiger partial charge on any atom is -0.497 e. The van der Waals surface area contributed by atoms with Crippen molar-refractivity contribution in [1.29, 1.82) is 0 Å². The molecule has 1 amide bonds. The maximum Gasteiger partial charge on any atom is 0.221 e. The molecule has 2 N–H and O–H groups in total. The molecule has 1 fully saturated rings. The lowest BCUT2D eigenvalue weighted by molar-refractivity contribution is -0.114. The van der Waals surface area contributed by atoms with Crippen molar-refractivity contribution in [3.8, 4) is 17.0 Å². The molecule has 0 radical (unpaired) electrons. The molecule has 5 heteroatoms. The molecule has 104 valence electrons. The molecule has 1 aromatic carbocycles. The third-order valence-corrected chi connectivity index (χ3v) is 3.44. The summed E-state index contributed by atoms with van der Waals surface area (Å²) in [6.45, 7) is 1.52. The van der Waals surface area contributed by atoms with Gasteiger partial charge in [-0.05, 0) is 37.1 Å². The third-order valence-electron chi connectivity index (χ3n) is 3.44. The minimum absolute atomic E-state index is 0.0805. The second-order valence-electron chi connectivity index (χ2n) is 5.04. The number of benzene rings is 1. The van der Waals surface area contributed by atoms with Gasteiger partial charge in [0.25, 0.3) is 0 Å². The molecule has 1 aromatic heterocycles. The van der Waals surface area contributed by atoms with Crippen LogP contribution in [-0.2, 0) is 4.79 Å². The molecular weight excluding hydrogens is 254 g/mol. The number of carbonyl (C=O) groups excluding carboxylic acids is 1. The van der Waals surface area contributed by atoms with E-state index in [2.05, 4.69) is 15.5 Å². The topological polar surface area (TPSA) is 67.0 Å². The highest BCUT2D eigenvalue weighted by atomic mass is 16.5. The number of ether oxygens (including phenoxy) is 1. The summed E-state index contributed by atoms with van der Waals surface area (Å²) in [5, 5.41) is 10.4. The predicted molar refractivity (Wildman–Crippen MR) is 76.9 cm³/mol. The van der Waals surface area contributed by atoms with E-state index in [1.807, 2.05) is 24.3 Å². The van der Waals surface area contributed by atoms with Crippen molar-refractivity contribution in [2.75, 3.05) is 12.4 Å². The molecular formula is C15H17N3O2. The second kappa shape index (κ2) is 5.00. The number of anilines is 1. The van der Waals surface area contributed by atoms with Crippen LogP contribution in [0.1, 0.15) is 31.4 Å². The number of hydrogen-bond donors (Lipinski definition) is 2. The molecule has 0 saturated heterocycles. The first-order valence-electron chi connectivity index (χ1n) is 6.69. The van der Waals surface area contributed by atoms with Gasteiger partial charge >= 0.3 is 0 Å². The lowest BCUT2D eigenvalue weighted by atomic mass is 10.1. The monoisotopic (exact) mass is 271 g/mol. The van der Waals surface area contributed by atoms with Crippen molar-refractivity contribution in [3.05, 3.63) is 30.0 Å². The van der Waals surface area contributed by atoms with Crippen molar-refractivity contribution in [3.63, 3.8) is 0 Å². The van der Waals surface area contributed by atoms with Crippen LogP contribution < -0.4 is 10.1 Å². The Morgan fingerprint density at radius 1 is 1.35 bits per heavy atom. The Morgan fingerprint density at radius 2 is 2.05 bits per heavy atom. The van der Waals surface area contributed by atoms with Gasteiger partial charge in [0.2, 0.25) is 5.91 Å². The molecule has 5 nitrogen and oxygen atoms in total. The van der Waals surface area contributed by atoms with Crippen LogP contribution in [0.25, 0.3) is 11.3 Å². The van der Waals surface area contributed by atoms with Crippen LogP contribution in [0.2, 0.25) is 0 Å². The van der Waals surface area contributed by atoms with Gasteiger partial charge in [-0.1, -0.05) is 0 Å². The first-order valence-corrected chi connectivity index (χ1v) is 6.69. The van der Waals surface area contributed by atoms with Crippen molar-refractivity contribution in [1.82, 2.24) is 10.2 Å². The van der Waals surface area contributed by atoms with E-state index in [1.54, 1.807) is 7.11 Å². The summed E-state index contributed by atoms with van der Waals surface area (Å²) < 4.78 is 5.16. The van der Waals surface area contributed by atoms with E-state index in [4.69, 9.17) is 4.74 Å². The Bertz CT molecular complexity index is 627. The smallest absolute Gasteiger partial charge is 0.221 e. The zero-order valence-corrected chi connectivity index (χ0v) is 11.6. The first kappa shape index (κ1) is 12.7. The summed E-state index contributed by atoms with van der Waals surface area (Å²) in [4.78, 5) is 11.4. The number of rotatable bonds is 4. The third kappa shape index (κ3) is 2.39. The molecule has 1 saturated carbocycles. The Morgan fingerprint density at radius 3 is 2.60 bits per heavy atom. The van der Waals surface area contributed by atoms with Crippen LogP contribution in [-0.4, -0.2) is 23.2 Å². The average Bonchev–Trinajstić information content (AvgIpc) is 3.21. The number of carbonyl (C=O) groups is 1. The standard InChI is InChI=1S/C15H17N3O2/c1-9(19)16-15-13(10-3-4-10)17-18-14(15)11-5-7-12(20-2)8-6-11/h5-8,10H,3-4H2,1-2H3,(H,16,19)(H,17,18). The molecule has 0 unspecified atom stereocenters. The Kier molecular flexibility index (Phi) is 3.18. The van der Waals surface area contributed by atoms with E-state index in [1.165, 1.54) is 6.92 Å². The van der Waals surface area contributed by atoms with Gasteiger partial charge in [0, 0.05) is 18.4 Å². The molecule has 3 rings (SSSR count). The zero-order valence-electron chi connectivity index (χ0n) is 11.6. The number of methoxy groups -OCH3 is 1. The summed E-state index contributed by atoms with van der Waals surface area (Å²) in [5.41, 5.74) is 3.58. The van der Waals surface area contributed by atoms with Gasteiger partial charge in [-0.3, -0.25) is 9.89 Å². The molecule has 0 bridgehead atoms. The number of H-pyrrole nitrogens is 1. The number of nitrogens with zero attached hydrogens (tertiary/aromatic N) is 1. The van der Waals surface area contributed by atoms with Crippen molar-refractivity contribution < 1.29 is 9.53 Å². The molecule has 1 heterocycles. The molecule has 0 spiro atoms. The maximum absolute atomic E-state index is 11.4. The fraction of sp³-hybridized carbons (Fsp3) is 0.333. The highest BCUT2D eigenvalue weighted by Gasteiger charge is 2.30. The molecule has 2 aromatic rings. The minimum atomic E-state index is -0.0805. The van der Waals surface area contributed by atoms with Crippen LogP contribution in [0.3, 0.4) is 0 Å². The lowest BCUT2D eigenvalue weighted by Gasteiger charge is -2.06. The van der Waals surface area contributed by atoms with Gasteiger partial charge in [-0.15, -0.1) is 0 Å². The van der Waals surface area contributed by atoms with Gasteiger partial charge in [-0.2, -0.15) is 5.10 Å². The van der Waals surface area contributed by atoms with Crippen LogP contribution >= 0.6 is 0 Å². The highest BCUT2D eigenvalue weighted by molar-refractivity contribution is 5.94. The number of aromatic nitrogens is 2. The van der Waals surface area contributed by atoms with Crippen LogP contribution in [0.15, 0.2) is 24.3 Å². The fourth-order valence-corrected chi connectivity index (χ4v) is 2.28. The van der Waals surface area contributed by atoms with Crippen molar-refractivity contribution in [2.45, 2.75) is 25.7 Å². The van der Waals surface area contributed by atoms with Crippen LogP contribution in [0, 0.1) is 0 Å².